The minimum absolute atomic E-state index is 0.00760. The average Bonchev–Trinajstić information content (AvgIpc) is 3.33. The summed E-state index contributed by atoms with van der Waals surface area (Å²) < 4.78 is 26.2. The van der Waals surface area contributed by atoms with E-state index in [2.05, 4.69) is 10.6 Å². The van der Waals surface area contributed by atoms with Gasteiger partial charge in [-0.3, -0.25) is 38.4 Å². The summed E-state index contributed by atoms with van der Waals surface area (Å²) in [6, 6.07) is -0.593. The Morgan fingerprint density at radius 2 is 1.10 bits per heavy atom. The number of anilines is 1. The molecule has 1 heterocycles. The van der Waals surface area contributed by atoms with Crippen LogP contribution in [0.5, 0.6) is 0 Å². The van der Waals surface area contributed by atoms with Gasteiger partial charge in [-0.2, -0.15) is 0 Å². The number of hydrogen-bond donors (Lipinski definition) is 2. The standard InChI is InChI=1S/C29H34I3N3O13/c1-13(36)44-10-18-6-7-21(41)35(18)27-25(31)22(28(42)33-8-19(47-16(4)39)11-45-14(2)37)24(30)23(26(27)32)29(43)34-9-20(48-17(5)40)12-46-15(3)38/h18-20H,6-12H2,1-5H3,(H,33,42)(H,34,43). The normalized spacial score (nSPS) is 15.1. The molecule has 1 fully saturated rings. The van der Waals surface area contributed by atoms with E-state index < -0.39 is 59.9 Å². The van der Waals surface area contributed by atoms with Crippen LogP contribution in [0.1, 0.15) is 68.2 Å². The number of carbonyl (C=O) groups is 8. The molecule has 0 bridgehead atoms. The van der Waals surface area contributed by atoms with Crippen molar-refractivity contribution in [3.8, 4) is 0 Å². The van der Waals surface area contributed by atoms with Gasteiger partial charge in [-0.05, 0) is 74.2 Å². The van der Waals surface area contributed by atoms with Crippen LogP contribution in [0.2, 0.25) is 0 Å². The summed E-state index contributed by atoms with van der Waals surface area (Å²) in [5.41, 5.74) is 0.251. The fourth-order valence-corrected chi connectivity index (χ4v) is 9.10. The first kappa shape index (κ1) is 41.3. The molecule has 1 aliphatic rings. The van der Waals surface area contributed by atoms with Gasteiger partial charge in [0, 0.05) is 44.6 Å². The van der Waals surface area contributed by atoms with Crippen molar-refractivity contribution < 1.29 is 62.0 Å². The number of esters is 5. The second-order valence-electron chi connectivity index (χ2n) is 10.3. The molecule has 0 aromatic heterocycles. The summed E-state index contributed by atoms with van der Waals surface area (Å²) in [5.74, 6) is -4.87. The van der Waals surface area contributed by atoms with Crippen molar-refractivity contribution in [2.75, 3.05) is 37.8 Å². The number of halogens is 3. The fraction of sp³-hybridized carbons (Fsp3) is 0.517. The fourth-order valence-electron chi connectivity index (χ4n) is 4.43. The lowest BCUT2D eigenvalue weighted by molar-refractivity contribution is -0.155. The van der Waals surface area contributed by atoms with Crippen molar-refractivity contribution in [3.05, 3.63) is 21.8 Å². The van der Waals surface area contributed by atoms with E-state index in [1.54, 1.807) is 0 Å². The maximum absolute atomic E-state index is 13.8. The van der Waals surface area contributed by atoms with E-state index in [1.807, 2.05) is 67.8 Å². The minimum Gasteiger partial charge on any atom is -0.464 e. The molecule has 3 unspecified atom stereocenters. The van der Waals surface area contributed by atoms with Gasteiger partial charge >= 0.3 is 29.8 Å². The van der Waals surface area contributed by atoms with E-state index in [-0.39, 0.29) is 65.6 Å². The van der Waals surface area contributed by atoms with Crippen LogP contribution < -0.4 is 15.5 Å². The Morgan fingerprint density at radius 1 is 0.688 bits per heavy atom. The molecule has 0 radical (unpaired) electrons. The lowest BCUT2D eigenvalue weighted by Crippen LogP contribution is -2.41. The third-order valence-electron chi connectivity index (χ3n) is 6.38. The molecule has 1 aliphatic heterocycles. The molecule has 1 aromatic rings. The quantitative estimate of drug-likeness (QED) is 0.147. The van der Waals surface area contributed by atoms with Crippen LogP contribution in [-0.2, 0) is 52.5 Å². The van der Waals surface area contributed by atoms with Crippen LogP contribution in [0.3, 0.4) is 0 Å². The number of nitrogens with one attached hydrogen (secondary N) is 2. The van der Waals surface area contributed by atoms with Crippen LogP contribution in [0.4, 0.5) is 5.69 Å². The van der Waals surface area contributed by atoms with Crippen molar-refractivity contribution >= 4 is 121 Å². The second-order valence-corrected chi connectivity index (χ2v) is 13.5. The van der Waals surface area contributed by atoms with Gasteiger partial charge in [0.1, 0.15) is 19.8 Å². The van der Waals surface area contributed by atoms with E-state index in [0.717, 1.165) is 13.8 Å². The van der Waals surface area contributed by atoms with E-state index in [1.165, 1.54) is 25.7 Å². The Kier molecular flexibility index (Phi) is 16.7. The molecular formula is C29H34I3N3O13. The molecule has 1 saturated heterocycles. The van der Waals surface area contributed by atoms with Crippen LogP contribution >= 0.6 is 67.8 Å². The van der Waals surface area contributed by atoms with Crippen molar-refractivity contribution in [3.63, 3.8) is 0 Å². The topological polar surface area (TPSA) is 210 Å². The molecule has 0 saturated carbocycles. The van der Waals surface area contributed by atoms with Crippen LogP contribution in [0, 0.1) is 10.7 Å². The van der Waals surface area contributed by atoms with E-state index >= 15 is 0 Å². The molecule has 2 rings (SSSR count). The first-order chi connectivity index (χ1) is 22.4. The number of ether oxygens (including phenoxy) is 5. The van der Waals surface area contributed by atoms with Gasteiger partial charge in [-0.25, -0.2) is 0 Å². The molecule has 2 N–H and O–H groups in total. The Hall–Kier alpha value is -2.83. The number of benzene rings is 1. The molecule has 19 heteroatoms. The lowest BCUT2D eigenvalue weighted by Gasteiger charge is -2.29. The predicted octanol–water partition coefficient (Wildman–Crippen LogP) is 2.01. The number of nitrogens with zero attached hydrogens (tertiary/aromatic N) is 1. The molecule has 3 amide bonds. The van der Waals surface area contributed by atoms with Crippen molar-refractivity contribution in [2.24, 2.45) is 0 Å². The highest BCUT2D eigenvalue weighted by Crippen LogP contribution is 2.41. The number of rotatable bonds is 15. The number of carbonyl (C=O) groups excluding carboxylic acids is 8. The molecule has 264 valence electrons. The summed E-state index contributed by atoms with van der Waals surface area (Å²) >= 11 is 5.63. The van der Waals surface area contributed by atoms with Crippen LogP contribution in [0.15, 0.2) is 0 Å². The smallest absolute Gasteiger partial charge is 0.303 e. The highest BCUT2D eigenvalue weighted by Gasteiger charge is 2.39. The Balaban J connectivity index is 2.61. The zero-order valence-electron chi connectivity index (χ0n) is 26.6. The summed E-state index contributed by atoms with van der Waals surface area (Å²) in [5, 5.41) is 5.29. The van der Waals surface area contributed by atoms with E-state index in [9.17, 15) is 38.4 Å². The second kappa shape index (κ2) is 19.4. The molecule has 1 aromatic carbocycles. The van der Waals surface area contributed by atoms with Gasteiger partial charge < -0.3 is 39.2 Å². The average molecular weight is 1010 g/mol. The van der Waals surface area contributed by atoms with Crippen LogP contribution in [-0.4, -0.2) is 98.7 Å². The third-order valence-corrected chi connectivity index (χ3v) is 9.56. The first-order valence-corrected chi connectivity index (χ1v) is 17.5. The Labute approximate surface area is 316 Å². The van der Waals surface area contributed by atoms with Gasteiger partial charge in [0.15, 0.2) is 12.2 Å². The van der Waals surface area contributed by atoms with Crippen LogP contribution in [0.25, 0.3) is 0 Å². The van der Waals surface area contributed by atoms with Crippen molar-refractivity contribution in [2.45, 2.75) is 65.7 Å². The largest absolute Gasteiger partial charge is 0.464 e. The Bertz CT molecular complexity index is 1390. The third kappa shape index (κ3) is 12.2. The van der Waals surface area contributed by atoms with Gasteiger partial charge in [-0.1, -0.05) is 0 Å². The van der Waals surface area contributed by atoms with Gasteiger partial charge in [-0.15, -0.1) is 0 Å². The highest BCUT2D eigenvalue weighted by molar-refractivity contribution is 14.1. The molecular weight excluding hydrogens is 979 g/mol. The lowest BCUT2D eigenvalue weighted by atomic mass is 10.1. The maximum Gasteiger partial charge on any atom is 0.303 e. The molecule has 48 heavy (non-hydrogen) atoms. The highest BCUT2D eigenvalue weighted by atomic mass is 127. The summed E-state index contributed by atoms with van der Waals surface area (Å²) in [6.07, 6.45) is -1.60. The zero-order chi connectivity index (χ0) is 36.3. The maximum atomic E-state index is 13.8. The molecule has 0 aliphatic carbocycles. The minimum atomic E-state index is -1.03. The van der Waals surface area contributed by atoms with Gasteiger partial charge in [0.2, 0.25) is 5.91 Å². The molecule has 16 nitrogen and oxygen atoms in total. The monoisotopic (exact) mass is 1010 g/mol. The van der Waals surface area contributed by atoms with E-state index in [0.29, 0.717) is 13.6 Å². The predicted molar refractivity (Wildman–Crippen MR) is 191 cm³/mol. The van der Waals surface area contributed by atoms with E-state index in [4.69, 9.17) is 23.7 Å². The zero-order valence-corrected chi connectivity index (χ0v) is 33.0. The number of amides is 3. The molecule has 0 spiro atoms. The summed E-state index contributed by atoms with van der Waals surface area (Å²) in [4.78, 5) is 99.8. The van der Waals surface area contributed by atoms with Gasteiger partial charge in [0.25, 0.3) is 11.8 Å². The first-order valence-electron chi connectivity index (χ1n) is 14.3. The summed E-state index contributed by atoms with van der Waals surface area (Å²) in [7, 11) is 0. The van der Waals surface area contributed by atoms with Crippen molar-refractivity contribution in [1.29, 1.82) is 0 Å². The van der Waals surface area contributed by atoms with Gasteiger partial charge in [0.05, 0.1) is 43.1 Å². The number of hydrogen-bond acceptors (Lipinski definition) is 13. The SMILES string of the molecule is CC(=O)OCC(CNC(=O)c1c(I)c(C(=O)NCC(COC(C)=O)OC(C)=O)c(I)c(N2C(=O)CCC2COC(C)=O)c1I)OC(C)=O. The molecule has 3 atom stereocenters. The van der Waals surface area contributed by atoms with Crippen molar-refractivity contribution in [1.82, 2.24) is 10.6 Å². The Morgan fingerprint density at radius 3 is 1.48 bits per heavy atom. The summed E-state index contributed by atoms with van der Waals surface area (Å²) in [6.45, 7) is 4.59.